The summed E-state index contributed by atoms with van der Waals surface area (Å²) in [5.41, 5.74) is 1.73. The first kappa shape index (κ1) is 19.3. The smallest absolute Gasteiger partial charge is 0.213 e. The maximum absolute atomic E-state index is 5.46. The van der Waals surface area contributed by atoms with E-state index in [2.05, 4.69) is 22.1 Å². The molecule has 2 heterocycles. The molecule has 5 nitrogen and oxygen atoms in total. The maximum atomic E-state index is 5.46. The molecule has 0 bridgehead atoms. The monoisotopic (exact) mass is 444 g/mol. The van der Waals surface area contributed by atoms with E-state index in [4.69, 9.17) is 9.73 Å². The number of likely N-dealkylation sites (tertiary alicyclic amines) is 1. The highest BCUT2D eigenvalue weighted by molar-refractivity contribution is 14.0. The van der Waals surface area contributed by atoms with Gasteiger partial charge < -0.3 is 15.0 Å². The van der Waals surface area contributed by atoms with Crippen LogP contribution >= 0.6 is 24.0 Å². The minimum Gasteiger partial charge on any atom is -0.478 e. The molecule has 24 heavy (non-hydrogen) atoms. The first-order valence-electron chi connectivity index (χ1n) is 8.86. The number of hydrogen-bond acceptors (Lipinski definition) is 3. The van der Waals surface area contributed by atoms with E-state index in [-0.39, 0.29) is 24.0 Å². The second kappa shape index (κ2) is 8.87. The summed E-state index contributed by atoms with van der Waals surface area (Å²) < 4.78 is 5.46. The standard InChI is InChI=1S/C18H28N4O.HI/c1-3-19-17(22-11-9-18(14-22)7-5-8-18)21-13-15-6-10-20-16(12-15)23-4-2;/h6,10,12H,3-5,7-9,11,13-14H2,1-2H3,(H,19,21);1H. The lowest BCUT2D eigenvalue weighted by atomic mass is 9.68. The summed E-state index contributed by atoms with van der Waals surface area (Å²) in [5.74, 6) is 1.73. The van der Waals surface area contributed by atoms with Gasteiger partial charge in [0.15, 0.2) is 5.96 Å². The Morgan fingerprint density at radius 1 is 1.38 bits per heavy atom. The van der Waals surface area contributed by atoms with E-state index in [0.29, 0.717) is 24.4 Å². The van der Waals surface area contributed by atoms with Crippen LogP contribution in [-0.4, -0.2) is 42.1 Å². The number of aromatic nitrogens is 1. The van der Waals surface area contributed by atoms with E-state index < -0.39 is 0 Å². The Labute approximate surface area is 162 Å². The van der Waals surface area contributed by atoms with Crippen molar-refractivity contribution in [1.29, 1.82) is 0 Å². The minimum atomic E-state index is 0. The first-order chi connectivity index (χ1) is 11.2. The average Bonchev–Trinajstić information content (AvgIpc) is 2.98. The highest BCUT2D eigenvalue weighted by Gasteiger charge is 2.43. The Balaban J connectivity index is 0.00000208. The van der Waals surface area contributed by atoms with Crippen LogP contribution in [0.5, 0.6) is 5.88 Å². The Morgan fingerprint density at radius 2 is 2.21 bits per heavy atom. The first-order valence-corrected chi connectivity index (χ1v) is 8.86. The van der Waals surface area contributed by atoms with Gasteiger partial charge in [-0.15, -0.1) is 24.0 Å². The molecule has 1 N–H and O–H groups in total. The predicted octanol–water partition coefficient (Wildman–Crippen LogP) is 3.44. The van der Waals surface area contributed by atoms with E-state index in [0.717, 1.165) is 24.6 Å². The summed E-state index contributed by atoms with van der Waals surface area (Å²) >= 11 is 0. The highest BCUT2D eigenvalue weighted by atomic mass is 127. The van der Waals surface area contributed by atoms with E-state index in [1.165, 1.54) is 32.2 Å². The van der Waals surface area contributed by atoms with Crippen LogP contribution in [0.25, 0.3) is 0 Å². The Kier molecular flexibility index (Phi) is 7.13. The third-order valence-electron chi connectivity index (χ3n) is 4.99. The average molecular weight is 444 g/mol. The van der Waals surface area contributed by atoms with Gasteiger partial charge in [0, 0.05) is 31.9 Å². The summed E-state index contributed by atoms with van der Waals surface area (Å²) in [6.07, 6.45) is 7.30. The van der Waals surface area contributed by atoms with Crippen molar-refractivity contribution in [1.82, 2.24) is 15.2 Å². The van der Waals surface area contributed by atoms with Crippen molar-refractivity contribution in [3.8, 4) is 5.88 Å². The van der Waals surface area contributed by atoms with E-state index in [1.807, 2.05) is 19.1 Å². The van der Waals surface area contributed by atoms with Crippen LogP contribution in [0.4, 0.5) is 0 Å². The number of nitrogens with one attached hydrogen (secondary N) is 1. The van der Waals surface area contributed by atoms with Crippen molar-refractivity contribution in [2.24, 2.45) is 10.4 Å². The number of rotatable bonds is 5. The van der Waals surface area contributed by atoms with Crippen molar-refractivity contribution < 1.29 is 4.74 Å². The molecule has 1 spiro atoms. The largest absolute Gasteiger partial charge is 0.478 e. The van der Waals surface area contributed by atoms with Crippen molar-refractivity contribution in [3.63, 3.8) is 0 Å². The number of guanidine groups is 1. The van der Waals surface area contributed by atoms with Gasteiger partial charge >= 0.3 is 0 Å². The molecular weight excluding hydrogens is 415 g/mol. The zero-order valence-corrected chi connectivity index (χ0v) is 17.1. The molecule has 0 amide bonds. The highest BCUT2D eigenvalue weighted by Crippen LogP contribution is 2.47. The fourth-order valence-electron chi connectivity index (χ4n) is 3.57. The second-order valence-electron chi connectivity index (χ2n) is 6.63. The van der Waals surface area contributed by atoms with Crippen LogP contribution in [0, 0.1) is 5.41 Å². The Bertz CT molecular complexity index is 560. The molecule has 2 fully saturated rings. The molecule has 0 radical (unpaired) electrons. The molecule has 2 aliphatic rings. The topological polar surface area (TPSA) is 49.8 Å². The lowest BCUT2D eigenvalue weighted by Gasteiger charge is -2.38. The number of pyridine rings is 1. The molecule has 1 saturated heterocycles. The van der Waals surface area contributed by atoms with Gasteiger partial charge in [-0.1, -0.05) is 6.42 Å². The SMILES string of the molecule is CCNC(=NCc1ccnc(OCC)c1)N1CCC2(CCC2)C1.I. The molecule has 134 valence electrons. The normalized spacial score (nSPS) is 18.9. The molecule has 0 atom stereocenters. The predicted molar refractivity (Wildman–Crippen MR) is 108 cm³/mol. The molecule has 1 saturated carbocycles. The maximum Gasteiger partial charge on any atom is 0.213 e. The summed E-state index contributed by atoms with van der Waals surface area (Å²) in [7, 11) is 0. The van der Waals surface area contributed by atoms with Crippen LogP contribution in [0.2, 0.25) is 0 Å². The Morgan fingerprint density at radius 3 is 2.83 bits per heavy atom. The van der Waals surface area contributed by atoms with Crippen molar-refractivity contribution in [2.75, 3.05) is 26.2 Å². The van der Waals surface area contributed by atoms with Crippen LogP contribution in [0.15, 0.2) is 23.3 Å². The van der Waals surface area contributed by atoms with Crippen LogP contribution < -0.4 is 10.1 Å². The lowest BCUT2D eigenvalue weighted by molar-refractivity contribution is 0.151. The van der Waals surface area contributed by atoms with Crippen molar-refractivity contribution >= 4 is 29.9 Å². The van der Waals surface area contributed by atoms with Gasteiger partial charge in [0.05, 0.1) is 13.2 Å². The molecule has 1 aliphatic heterocycles. The molecule has 0 aromatic carbocycles. The van der Waals surface area contributed by atoms with Gasteiger partial charge in [0.2, 0.25) is 5.88 Å². The summed E-state index contributed by atoms with van der Waals surface area (Å²) in [6.45, 7) is 8.60. The molecule has 1 aliphatic carbocycles. The van der Waals surface area contributed by atoms with E-state index in [1.54, 1.807) is 6.20 Å². The number of aliphatic imine (C=N–C) groups is 1. The van der Waals surface area contributed by atoms with Crippen LogP contribution in [-0.2, 0) is 6.54 Å². The fraction of sp³-hybridized carbons (Fsp3) is 0.667. The van der Waals surface area contributed by atoms with E-state index >= 15 is 0 Å². The number of halogens is 1. The lowest BCUT2D eigenvalue weighted by Crippen LogP contribution is -2.42. The molecule has 6 heteroatoms. The third kappa shape index (κ3) is 4.52. The van der Waals surface area contributed by atoms with Gasteiger partial charge in [0.1, 0.15) is 0 Å². The van der Waals surface area contributed by atoms with Crippen molar-refractivity contribution in [3.05, 3.63) is 23.9 Å². The second-order valence-corrected chi connectivity index (χ2v) is 6.63. The number of ether oxygens (including phenoxy) is 1. The van der Waals surface area contributed by atoms with Gasteiger partial charge in [-0.05, 0) is 50.2 Å². The number of nitrogens with zero attached hydrogens (tertiary/aromatic N) is 3. The van der Waals surface area contributed by atoms with Gasteiger partial charge in [-0.3, -0.25) is 0 Å². The molecule has 3 rings (SSSR count). The van der Waals surface area contributed by atoms with Gasteiger partial charge in [-0.25, -0.2) is 9.98 Å². The van der Waals surface area contributed by atoms with Crippen LogP contribution in [0.3, 0.4) is 0 Å². The quantitative estimate of drug-likeness (QED) is 0.430. The Hall–Kier alpha value is -1.05. The zero-order chi connectivity index (χ0) is 16.1. The zero-order valence-electron chi connectivity index (χ0n) is 14.8. The summed E-state index contributed by atoms with van der Waals surface area (Å²) in [5, 5.41) is 3.45. The molecule has 1 aromatic heterocycles. The summed E-state index contributed by atoms with van der Waals surface area (Å²) in [6, 6.07) is 3.99. The molecule has 0 unspecified atom stereocenters. The summed E-state index contributed by atoms with van der Waals surface area (Å²) in [4.78, 5) is 11.5. The molecule has 1 aromatic rings. The molecular formula is C18H29IN4O. The number of hydrogen-bond donors (Lipinski definition) is 1. The minimum absolute atomic E-state index is 0. The third-order valence-corrected chi connectivity index (χ3v) is 4.99. The van der Waals surface area contributed by atoms with Crippen LogP contribution in [0.1, 0.15) is 45.1 Å². The fourth-order valence-corrected chi connectivity index (χ4v) is 3.57. The van der Waals surface area contributed by atoms with Crippen molar-refractivity contribution in [2.45, 2.75) is 46.1 Å². The van der Waals surface area contributed by atoms with Gasteiger partial charge in [0.25, 0.3) is 0 Å². The van der Waals surface area contributed by atoms with Gasteiger partial charge in [-0.2, -0.15) is 0 Å². The van der Waals surface area contributed by atoms with E-state index in [9.17, 15) is 0 Å².